The van der Waals surface area contributed by atoms with E-state index in [4.69, 9.17) is 0 Å². The van der Waals surface area contributed by atoms with Crippen molar-refractivity contribution in [3.63, 3.8) is 0 Å². The Morgan fingerprint density at radius 1 is 1.00 bits per heavy atom. The van der Waals surface area contributed by atoms with Gasteiger partial charge >= 0.3 is 0 Å². The zero-order valence-electron chi connectivity index (χ0n) is 9.96. The van der Waals surface area contributed by atoms with Crippen molar-refractivity contribution < 1.29 is 0 Å². The first-order valence-corrected chi connectivity index (χ1v) is 6.25. The number of fused-ring (bicyclic) bond motifs is 5. The number of hydrogen-bond acceptors (Lipinski definition) is 0. The molecule has 0 heterocycles. The van der Waals surface area contributed by atoms with Crippen LogP contribution < -0.4 is 0 Å². The normalized spacial score (nSPS) is 14.6. The van der Waals surface area contributed by atoms with Crippen LogP contribution in [0.25, 0.3) is 17.2 Å². The molecule has 0 radical (unpaired) electrons. The van der Waals surface area contributed by atoms with Crippen molar-refractivity contribution in [3.05, 3.63) is 64.2 Å². The van der Waals surface area contributed by atoms with E-state index in [1.165, 1.54) is 27.8 Å². The number of rotatable bonds is 0. The molecule has 17 heavy (non-hydrogen) atoms. The van der Waals surface area contributed by atoms with Crippen LogP contribution in [0.1, 0.15) is 27.8 Å². The fraction of sp³-hybridized carbons (Fsp3) is 0.176. The molecule has 82 valence electrons. The lowest BCUT2D eigenvalue weighted by molar-refractivity contribution is 1.17. The highest BCUT2D eigenvalue weighted by molar-refractivity contribution is 5.83. The van der Waals surface area contributed by atoms with Crippen LogP contribution in [-0.4, -0.2) is 0 Å². The molecule has 0 spiro atoms. The minimum Gasteiger partial charge on any atom is -0.0795 e. The summed E-state index contributed by atoms with van der Waals surface area (Å²) in [5.41, 5.74) is 10.4. The molecule has 0 nitrogen and oxygen atoms in total. The molecule has 0 N–H and O–H groups in total. The highest BCUT2D eigenvalue weighted by atomic mass is 14.3. The fourth-order valence-electron chi connectivity index (χ4n) is 3.30. The van der Waals surface area contributed by atoms with Gasteiger partial charge in [0.2, 0.25) is 0 Å². The average molecular weight is 218 g/mol. The highest BCUT2D eigenvalue weighted by Crippen LogP contribution is 2.42. The van der Waals surface area contributed by atoms with Crippen LogP contribution in [0.5, 0.6) is 0 Å². The third-order valence-electron chi connectivity index (χ3n) is 4.08. The summed E-state index contributed by atoms with van der Waals surface area (Å²) in [6.07, 6.45) is 6.77. The lowest BCUT2D eigenvalue weighted by Crippen LogP contribution is -1.91. The molecule has 0 saturated heterocycles. The van der Waals surface area contributed by atoms with Gasteiger partial charge in [-0.3, -0.25) is 0 Å². The summed E-state index contributed by atoms with van der Waals surface area (Å²) in [5, 5.41) is 0. The quantitative estimate of drug-likeness (QED) is 0.532. The molecule has 0 atom stereocenters. The summed E-state index contributed by atoms with van der Waals surface area (Å²) in [7, 11) is 0. The third-order valence-corrected chi connectivity index (χ3v) is 4.08. The van der Waals surface area contributed by atoms with Gasteiger partial charge in [0, 0.05) is 0 Å². The molecule has 0 amide bonds. The first kappa shape index (κ1) is 9.23. The van der Waals surface area contributed by atoms with Crippen LogP contribution in [0.15, 0.2) is 36.4 Å². The standard InChI is InChI=1S/C17H14/c1-11-4-2-6-13-10-16-14-7-3-5-12(14)8-9-15(16)17(11)13/h2-6,8-9H,7,10H2,1H3. The molecule has 4 rings (SSSR count). The summed E-state index contributed by atoms with van der Waals surface area (Å²) in [5.74, 6) is 0. The molecule has 0 heteroatoms. The van der Waals surface area contributed by atoms with Gasteiger partial charge < -0.3 is 0 Å². The Balaban J connectivity index is 2.04. The van der Waals surface area contributed by atoms with E-state index in [0.29, 0.717) is 0 Å². The summed E-state index contributed by atoms with van der Waals surface area (Å²) in [6, 6.07) is 11.3. The van der Waals surface area contributed by atoms with E-state index in [2.05, 4.69) is 49.4 Å². The minimum atomic E-state index is 1.12. The van der Waals surface area contributed by atoms with E-state index >= 15 is 0 Å². The van der Waals surface area contributed by atoms with Gasteiger partial charge in [0.25, 0.3) is 0 Å². The van der Waals surface area contributed by atoms with E-state index in [-0.39, 0.29) is 0 Å². The SMILES string of the molecule is Cc1cccc2c1-c1ccc3c(c1C2)CC=C3. The van der Waals surface area contributed by atoms with Gasteiger partial charge in [-0.05, 0) is 58.7 Å². The van der Waals surface area contributed by atoms with Crippen LogP contribution in [0.2, 0.25) is 0 Å². The van der Waals surface area contributed by atoms with Crippen molar-refractivity contribution in [3.8, 4) is 11.1 Å². The summed E-state index contributed by atoms with van der Waals surface area (Å²) in [4.78, 5) is 0. The van der Waals surface area contributed by atoms with Gasteiger partial charge in [0.05, 0.1) is 0 Å². The monoisotopic (exact) mass is 218 g/mol. The predicted molar refractivity (Wildman–Crippen MR) is 72.2 cm³/mol. The minimum absolute atomic E-state index is 1.12. The van der Waals surface area contributed by atoms with Crippen molar-refractivity contribution in [2.24, 2.45) is 0 Å². The first-order valence-electron chi connectivity index (χ1n) is 6.25. The molecule has 0 aromatic heterocycles. The Morgan fingerprint density at radius 3 is 2.88 bits per heavy atom. The largest absolute Gasteiger partial charge is 0.0795 e. The molecule has 2 aliphatic carbocycles. The van der Waals surface area contributed by atoms with Crippen LogP contribution in [0.4, 0.5) is 0 Å². The van der Waals surface area contributed by atoms with E-state index in [0.717, 1.165) is 12.8 Å². The molecule has 0 fully saturated rings. The lowest BCUT2D eigenvalue weighted by Gasteiger charge is -2.08. The molecular weight excluding hydrogens is 204 g/mol. The van der Waals surface area contributed by atoms with Gasteiger partial charge in [-0.1, -0.05) is 42.5 Å². The summed E-state index contributed by atoms with van der Waals surface area (Å²) in [6.45, 7) is 2.22. The maximum Gasteiger partial charge on any atom is -0.00103 e. The van der Waals surface area contributed by atoms with Crippen molar-refractivity contribution in [1.29, 1.82) is 0 Å². The number of aryl methyl sites for hydroxylation is 1. The third kappa shape index (κ3) is 1.13. The zero-order chi connectivity index (χ0) is 11.4. The second kappa shape index (κ2) is 3.10. The molecular formula is C17H14. The summed E-state index contributed by atoms with van der Waals surface area (Å²) >= 11 is 0. The lowest BCUT2D eigenvalue weighted by atomic mass is 9.96. The Morgan fingerprint density at radius 2 is 1.94 bits per heavy atom. The van der Waals surface area contributed by atoms with Gasteiger partial charge in [0.1, 0.15) is 0 Å². The Bertz CT molecular complexity index is 660. The smallest absolute Gasteiger partial charge is 0.00103 e. The van der Waals surface area contributed by atoms with Gasteiger partial charge in [-0.25, -0.2) is 0 Å². The van der Waals surface area contributed by atoms with E-state index in [1.54, 1.807) is 11.1 Å². The molecule has 0 aliphatic heterocycles. The number of allylic oxidation sites excluding steroid dienone is 1. The summed E-state index contributed by atoms with van der Waals surface area (Å²) < 4.78 is 0. The zero-order valence-corrected chi connectivity index (χ0v) is 9.96. The highest BCUT2D eigenvalue weighted by Gasteiger charge is 2.24. The van der Waals surface area contributed by atoms with E-state index in [1.807, 2.05) is 0 Å². The van der Waals surface area contributed by atoms with Crippen LogP contribution >= 0.6 is 0 Å². The van der Waals surface area contributed by atoms with Crippen LogP contribution in [0.3, 0.4) is 0 Å². The van der Waals surface area contributed by atoms with Crippen molar-refractivity contribution in [1.82, 2.24) is 0 Å². The number of hydrogen-bond donors (Lipinski definition) is 0. The fourth-order valence-corrected chi connectivity index (χ4v) is 3.30. The Kier molecular flexibility index (Phi) is 1.69. The topological polar surface area (TPSA) is 0 Å². The predicted octanol–water partition coefficient (Wildman–Crippen LogP) is 4.14. The second-order valence-electron chi connectivity index (χ2n) is 5.05. The maximum absolute atomic E-state index is 2.31. The van der Waals surface area contributed by atoms with E-state index < -0.39 is 0 Å². The molecule has 0 bridgehead atoms. The Hall–Kier alpha value is -1.82. The first-order chi connectivity index (χ1) is 8.34. The van der Waals surface area contributed by atoms with Crippen LogP contribution in [0, 0.1) is 6.92 Å². The molecule has 0 unspecified atom stereocenters. The second-order valence-corrected chi connectivity index (χ2v) is 5.05. The van der Waals surface area contributed by atoms with Gasteiger partial charge in [-0.15, -0.1) is 0 Å². The van der Waals surface area contributed by atoms with Gasteiger partial charge in [-0.2, -0.15) is 0 Å². The molecule has 2 aromatic carbocycles. The van der Waals surface area contributed by atoms with Gasteiger partial charge in [0.15, 0.2) is 0 Å². The van der Waals surface area contributed by atoms with E-state index in [9.17, 15) is 0 Å². The van der Waals surface area contributed by atoms with Crippen molar-refractivity contribution in [2.45, 2.75) is 19.8 Å². The van der Waals surface area contributed by atoms with Crippen molar-refractivity contribution >= 4 is 6.08 Å². The maximum atomic E-state index is 2.31. The molecule has 2 aromatic rings. The Labute approximate surface area is 102 Å². The molecule has 0 saturated carbocycles. The molecule has 2 aliphatic rings. The number of benzene rings is 2. The van der Waals surface area contributed by atoms with Crippen LogP contribution in [-0.2, 0) is 12.8 Å². The average Bonchev–Trinajstić information content (AvgIpc) is 2.91. The van der Waals surface area contributed by atoms with Crippen molar-refractivity contribution in [2.75, 3.05) is 0 Å².